The number of carbonyl (C=O) groups is 1. The van der Waals surface area contributed by atoms with E-state index in [9.17, 15) is 14.9 Å². The Labute approximate surface area is 174 Å². The summed E-state index contributed by atoms with van der Waals surface area (Å²) in [6.07, 6.45) is -0.499. The molecule has 0 saturated carbocycles. The number of nitrogens with zero attached hydrogens (tertiary/aromatic N) is 2. The molecule has 0 aliphatic rings. The second kappa shape index (κ2) is 10.1. The molecule has 0 N–H and O–H groups in total. The summed E-state index contributed by atoms with van der Waals surface area (Å²) in [6.45, 7) is 0.620. The minimum Gasteiger partial charge on any atom is -0.497 e. The van der Waals surface area contributed by atoms with Gasteiger partial charge in [0.25, 0.3) is 5.69 Å². The Hall–Kier alpha value is -3.87. The summed E-state index contributed by atoms with van der Waals surface area (Å²) in [7, 11) is 1.59. The summed E-state index contributed by atoms with van der Waals surface area (Å²) in [5.41, 5.74) is 2.40. The fourth-order valence-corrected chi connectivity index (χ4v) is 2.94. The van der Waals surface area contributed by atoms with E-state index in [-0.39, 0.29) is 18.8 Å². The van der Waals surface area contributed by atoms with E-state index in [0.29, 0.717) is 12.1 Å². The molecule has 0 aliphatic heterocycles. The van der Waals surface area contributed by atoms with Gasteiger partial charge in [0.15, 0.2) is 0 Å². The van der Waals surface area contributed by atoms with Crippen LogP contribution in [0.15, 0.2) is 78.9 Å². The van der Waals surface area contributed by atoms with Crippen molar-refractivity contribution in [3.8, 4) is 5.75 Å². The van der Waals surface area contributed by atoms with Crippen LogP contribution in [0, 0.1) is 10.1 Å². The summed E-state index contributed by atoms with van der Waals surface area (Å²) in [4.78, 5) is 24.9. The molecule has 3 aromatic carbocycles. The maximum absolute atomic E-state index is 12.8. The van der Waals surface area contributed by atoms with Crippen molar-refractivity contribution in [2.45, 2.75) is 19.7 Å². The van der Waals surface area contributed by atoms with E-state index in [4.69, 9.17) is 9.47 Å². The number of nitro groups is 1. The highest BCUT2D eigenvalue weighted by Crippen LogP contribution is 2.19. The van der Waals surface area contributed by atoms with E-state index in [1.165, 1.54) is 17.0 Å². The Balaban J connectivity index is 1.76. The standard InChI is InChI=1S/C23H22N2O5/c1-29-22-12-10-18(11-13-22)15-24(16-20-8-5-9-21(14-20)25(27)28)23(26)30-17-19-6-3-2-4-7-19/h2-14H,15-17H2,1H3. The number of rotatable bonds is 8. The van der Waals surface area contributed by atoms with E-state index in [0.717, 1.165) is 16.9 Å². The first-order valence-corrected chi connectivity index (χ1v) is 9.37. The number of non-ortho nitro benzene ring substituents is 1. The van der Waals surface area contributed by atoms with Crippen LogP contribution in [-0.4, -0.2) is 23.0 Å². The van der Waals surface area contributed by atoms with Crippen LogP contribution >= 0.6 is 0 Å². The minimum atomic E-state index is -0.499. The molecule has 3 rings (SSSR count). The highest BCUT2D eigenvalue weighted by molar-refractivity contribution is 5.67. The smallest absolute Gasteiger partial charge is 0.410 e. The fourth-order valence-electron chi connectivity index (χ4n) is 2.94. The summed E-state index contributed by atoms with van der Waals surface area (Å²) in [5.74, 6) is 0.718. The molecule has 0 aliphatic carbocycles. The van der Waals surface area contributed by atoms with Crippen LogP contribution in [0.4, 0.5) is 10.5 Å². The number of hydrogen-bond acceptors (Lipinski definition) is 5. The van der Waals surface area contributed by atoms with E-state index < -0.39 is 11.0 Å². The van der Waals surface area contributed by atoms with Crippen molar-refractivity contribution < 1.29 is 19.2 Å². The topological polar surface area (TPSA) is 81.9 Å². The van der Waals surface area contributed by atoms with Gasteiger partial charge < -0.3 is 9.47 Å². The van der Waals surface area contributed by atoms with Crippen molar-refractivity contribution in [1.29, 1.82) is 0 Å². The molecule has 7 nitrogen and oxygen atoms in total. The van der Waals surface area contributed by atoms with Crippen molar-refractivity contribution in [1.82, 2.24) is 4.90 Å². The van der Waals surface area contributed by atoms with E-state index in [1.807, 2.05) is 54.6 Å². The number of nitro benzene ring substituents is 1. The highest BCUT2D eigenvalue weighted by atomic mass is 16.6. The van der Waals surface area contributed by atoms with Gasteiger partial charge in [-0.05, 0) is 28.8 Å². The van der Waals surface area contributed by atoms with Gasteiger partial charge in [-0.3, -0.25) is 15.0 Å². The molecule has 7 heteroatoms. The third kappa shape index (κ3) is 5.81. The molecule has 0 fully saturated rings. The zero-order valence-electron chi connectivity index (χ0n) is 16.6. The molecule has 0 atom stereocenters. The van der Waals surface area contributed by atoms with Gasteiger partial charge in [-0.1, -0.05) is 54.6 Å². The number of ether oxygens (including phenoxy) is 2. The van der Waals surface area contributed by atoms with Gasteiger partial charge in [0.1, 0.15) is 12.4 Å². The quantitative estimate of drug-likeness (QED) is 0.391. The summed E-state index contributed by atoms with van der Waals surface area (Å²) in [6, 6.07) is 23.0. The maximum atomic E-state index is 12.8. The second-order valence-electron chi connectivity index (χ2n) is 6.67. The zero-order chi connectivity index (χ0) is 21.3. The number of methoxy groups -OCH3 is 1. The van der Waals surface area contributed by atoms with Crippen LogP contribution in [0.25, 0.3) is 0 Å². The van der Waals surface area contributed by atoms with Crippen LogP contribution in [0.1, 0.15) is 16.7 Å². The molecular weight excluding hydrogens is 384 g/mol. The number of amides is 1. The maximum Gasteiger partial charge on any atom is 0.410 e. The first-order chi connectivity index (χ1) is 14.5. The first-order valence-electron chi connectivity index (χ1n) is 9.37. The van der Waals surface area contributed by atoms with Crippen LogP contribution < -0.4 is 4.74 Å². The van der Waals surface area contributed by atoms with Crippen LogP contribution in [-0.2, 0) is 24.4 Å². The molecule has 3 aromatic rings. The van der Waals surface area contributed by atoms with Gasteiger partial charge >= 0.3 is 6.09 Å². The fraction of sp³-hybridized carbons (Fsp3) is 0.174. The monoisotopic (exact) mass is 406 g/mol. The van der Waals surface area contributed by atoms with Gasteiger partial charge in [-0.15, -0.1) is 0 Å². The molecule has 154 valence electrons. The largest absolute Gasteiger partial charge is 0.497 e. The molecule has 0 heterocycles. The third-order valence-electron chi connectivity index (χ3n) is 4.49. The summed E-state index contributed by atoms with van der Waals surface area (Å²) < 4.78 is 10.7. The lowest BCUT2D eigenvalue weighted by Crippen LogP contribution is -2.30. The van der Waals surface area contributed by atoms with Gasteiger partial charge in [-0.2, -0.15) is 0 Å². The Morgan fingerprint density at radius 2 is 1.57 bits per heavy atom. The molecule has 0 aromatic heterocycles. The second-order valence-corrected chi connectivity index (χ2v) is 6.67. The summed E-state index contributed by atoms with van der Waals surface area (Å²) >= 11 is 0. The van der Waals surface area contributed by atoms with Crippen LogP contribution in [0.5, 0.6) is 5.75 Å². The Bertz CT molecular complexity index is 990. The van der Waals surface area contributed by atoms with Crippen LogP contribution in [0.3, 0.4) is 0 Å². The molecule has 0 unspecified atom stereocenters. The Morgan fingerprint density at radius 3 is 2.23 bits per heavy atom. The normalized spacial score (nSPS) is 10.3. The Morgan fingerprint density at radius 1 is 0.900 bits per heavy atom. The van der Waals surface area contributed by atoms with Gasteiger partial charge in [-0.25, -0.2) is 4.79 Å². The van der Waals surface area contributed by atoms with Gasteiger partial charge in [0, 0.05) is 25.2 Å². The van der Waals surface area contributed by atoms with Crippen molar-refractivity contribution in [3.05, 3.63) is 106 Å². The number of carbonyl (C=O) groups excluding carboxylic acids is 1. The third-order valence-corrected chi connectivity index (χ3v) is 4.49. The average molecular weight is 406 g/mol. The molecule has 0 bridgehead atoms. The lowest BCUT2D eigenvalue weighted by atomic mass is 10.1. The van der Waals surface area contributed by atoms with E-state index >= 15 is 0 Å². The van der Waals surface area contributed by atoms with Crippen molar-refractivity contribution in [2.24, 2.45) is 0 Å². The molecule has 30 heavy (non-hydrogen) atoms. The van der Waals surface area contributed by atoms with Crippen molar-refractivity contribution >= 4 is 11.8 Å². The Kier molecular flexibility index (Phi) is 7.00. The molecule has 1 amide bonds. The van der Waals surface area contributed by atoms with Crippen molar-refractivity contribution in [3.63, 3.8) is 0 Å². The zero-order valence-corrected chi connectivity index (χ0v) is 16.6. The molecule has 0 radical (unpaired) electrons. The number of hydrogen-bond donors (Lipinski definition) is 0. The van der Waals surface area contributed by atoms with E-state index in [2.05, 4.69) is 0 Å². The van der Waals surface area contributed by atoms with E-state index in [1.54, 1.807) is 19.2 Å². The van der Waals surface area contributed by atoms with Crippen LogP contribution in [0.2, 0.25) is 0 Å². The lowest BCUT2D eigenvalue weighted by molar-refractivity contribution is -0.384. The van der Waals surface area contributed by atoms with Gasteiger partial charge in [0.2, 0.25) is 0 Å². The SMILES string of the molecule is COc1ccc(CN(Cc2cccc([N+](=O)[O-])c2)C(=O)OCc2ccccc2)cc1. The average Bonchev–Trinajstić information content (AvgIpc) is 2.78. The first kappa shape index (κ1) is 20.9. The van der Waals surface area contributed by atoms with Gasteiger partial charge in [0.05, 0.1) is 12.0 Å². The highest BCUT2D eigenvalue weighted by Gasteiger charge is 2.18. The lowest BCUT2D eigenvalue weighted by Gasteiger charge is -2.22. The molecule has 0 spiro atoms. The summed E-state index contributed by atoms with van der Waals surface area (Å²) in [5, 5.41) is 11.1. The molecule has 0 saturated heterocycles. The predicted octanol–water partition coefficient (Wildman–Crippen LogP) is 4.94. The minimum absolute atomic E-state index is 0.0189. The molecular formula is C23H22N2O5. The predicted molar refractivity (Wildman–Crippen MR) is 112 cm³/mol. The number of benzene rings is 3. The van der Waals surface area contributed by atoms with Crippen molar-refractivity contribution in [2.75, 3.05) is 7.11 Å².